The highest BCUT2D eigenvalue weighted by atomic mass is 32.2. The molecule has 1 amide bonds. The largest absolute Gasteiger partial charge is 0.446 e. The van der Waals surface area contributed by atoms with Gasteiger partial charge in [0.1, 0.15) is 0 Å². The van der Waals surface area contributed by atoms with E-state index in [1.54, 1.807) is 25.1 Å². The van der Waals surface area contributed by atoms with Crippen molar-refractivity contribution >= 4 is 23.4 Å². The first-order chi connectivity index (χ1) is 10.8. The van der Waals surface area contributed by atoms with Crippen molar-refractivity contribution in [2.24, 2.45) is 0 Å². The summed E-state index contributed by atoms with van der Waals surface area (Å²) in [6, 6.07) is 10.4. The third-order valence-electron chi connectivity index (χ3n) is 3.08. The van der Waals surface area contributed by atoms with Crippen LogP contribution in [0.25, 0.3) is 0 Å². The number of benzene rings is 2. The number of nitrogens with one attached hydrogen (secondary N) is 1. The van der Waals surface area contributed by atoms with Crippen molar-refractivity contribution in [3.05, 3.63) is 59.2 Å². The minimum Gasteiger partial charge on any atom is -0.392 e. The Labute approximate surface area is 135 Å². The first-order valence-electron chi connectivity index (χ1n) is 6.66. The second-order valence-corrected chi connectivity index (χ2v) is 5.97. The Morgan fingerprint density at radius 3 is 2.39 bits per heavy atom. The number of amides is 1. The Bertz CT molecular complexity index is 699. The van der Waals surface area contributed by atoms with Crippen LogP contribution in [0.5, 0.6) is 0 Å². The SMILES string of the molecule is Cc1ccc(CO)cc1NC(=O)c1ccc(SC(F)(F)F)cc1. The minimum atomic E-state index is -4.36. The number of carbonyl (C=O) groups is 1. The van der Waals surface area contributed by atoms with Crippen LogP contribution >= 0.6 is 11.8 Å². The molecule has 0 heterocycles. The summed E-state index contributed by atoms with van der Waals surface area (Å²) in [6.45, 7) is 1.66. The quantitative estimate of drug-likeness (QED) is 0.813. The fraction of sp³-hybridized carbons (Fsp3) is 0.188. The van der Waals surface area contributed by atoms with Crippen LogP contribution in [0.3, 0.4) is 0 Å². The van der Waals surface area contributed by atoms with E-state index in [1.165, 1.54) is 24.3 Å². The van der Waals surface area contributed by atoms with Gasteiger partial charge in [-0.15, -0.1) is 0 Å². The predicted molar refractivity (Wildman–Crippen MR) is 83.4 cm³/mol. The molecule has 0 aliphatic carbocycles. The van der Waals surface area contributed by atoms with Gasteiger partial charge in [-0.2, -0.15) is 13.2 Å². The van der Waals surface area contributed by atoms with Gasteiger partial charge in [0.05, 0.1) is 6.61 Å². The monoisotopic (exact) mass is 341 g/mol. The summed E-state index contributed by atoms with van der Waals surface area (Å²) >= 11 is -0.227. The molecule has 0 spiro atoms. The fourth-order valence-corrected chi connectivity index (χ4v) is 2.44. The second kappa shape index (κ2) is 7.06. The van der Waals surface area contributed by atoms with E-state index in [0.717, 1.165) is 5.56 Å². The lowest BCUT2D eigenvalue weighted by molar-refractivity contribution is -0.0328. The standard InChI is InChI=1S/C16H14F3NO2S/c1-10-2-3-11(9-21)8-14(10)20-15(22)12-4-6-13(7-5-12)23-16(17,18)19/h2-8,21H,9H2,1H3,(H,20,22). The first kappa shape index (κ1) is 17.4. The molecule has 0 saturated carbocycles. The molecule has 0 bridgehead atoms. The molecule has 0 saturated heterocycles. The number of hydrogen-bond acceptors (Lipinski definition) is 3. The summed E-state index contributed by atoms with van der Waals surface area (Å²) in [6.07, 6.45) is 0. The molecule has 0 aromatic heterocycles. The number of aliphatic hydroxyl groups excluding tert-OH is 1. The molecule has 2 aromatic carbocycles. The molecule has 0 fully saturated rings. The Hall–Kier alpha value is -1.99. The van der Waals surface area contributed by atoms with Crippen LogP contribution < -0.4 is 5.32 Å². The van der Waals surface area contributed by atoms with E-state index in [9.17, 15) is 18.0 Å². The van der Waals surface area contributed by atoms with Gasteiger partial charge in [-0.25, -0.2) is 0 Å². The van der Waals surface area contributed by atoms with Crippen molar-refractivity contribution < 1.29 is 23.1 Å². The number of alkyl halides is 3. The molecular formula is C16H14F3NO2S. The van der Waals surface area contributed by atoms with E-state index in [0.29, 0.717) is 11.3 Å². The van der Waals surface area contributed by atoms with Crippen molar-refractivity contribution in [1.82, 2.24) is 0 Å². The number of thioether (sulfide) groups is 1. The molecule has 0 aliphatic rings. The van der Waals surface area contributed by atoms with Gasteiger partial charge < -0.3 is 10.4 Å². The Kier molecular flexibility index (Phi) is 5.33. The molecule has 0 aliphatic heterocycles. The van der Waals surface area contributed by atoms with Gasteiger partial charge in [0, 0.05) is 16.1 Å². The first-order valence-corrected chi connectivity index (χ1v) is 7.47. The topological polar surface area (TPSA) is 49.3 Å². The fourth-order valence-electron chi connectivity index (χ4n) is 1.90. The van der Waals surface area contributed by atoms with Gasteiger partial charge in [0.2, 0.25) is 0 Å². The van der Waals surface area contributed by atoms with Crippen molar-refractivity contribution in [2.75, 3.05) is 5.32 Å². The lowest BCUT2D eigenvalue weighted by Crippen LogP contribution is -2.13. The number of hydrogen-bond donors (Lipinski definition) is 2. The van der Waals surface area contributed by atoms with E-state index in [1.807, 2.05) is 0 Å². The molecule has 2 aromatic rings. The molecule has 2 rings (SSSR count). The molecule has 0 radical (unpaired) electrons. The van der Waals surface area contributed by atoms with Crippen LogP contribution in [-0.4, -0.2) is 16.5 Å². The molecule has 122 valence electrons. The van der Waals surface area contributed by atoms with Gasteiger partial charge in [-0.05, 0) is 60.1 Å². The third kappa shape index (κ3) is 5.01. The summed E-state index contributed by atoms with van der Waals surface area (Å²) in [5, 5.41) is 11.8. The summed E-state index contributed by atoms with van der Waals surface area (Å²) in [5.41, 5.74) is -2.07. The van der Waals surface area contributed by atoms with Crippen LogP contribution in [0.1, 0.15) is 21.5 Å². The van der Waals surface area contributed by atoms with E-state index < -0.39 is 11.4 Å². The van der Waals surface area contributed by atoms with Crippen molar-refractivity contribution in [2.45, 2.75) is 23.9 Å². The number of rotatable bonds is 4. The number of carbonyl (C=O) groups excluding carboxylic acids is 1. The average Bonchev–Trinajstić information content (AvgIpc) is 2.48. The van der Waals surface area contributed by atoms with E-state index in [4.69, 9.17) is 5.11 Å². The molecule has 7 heteroatoms. The summed E-state index contributed by atoms with van der Waals surface area (Å²) in [4.78, 5) is 12.2. The smallest absolute Gasteiger partial charge is 0.392 e. The minimum absolute atomic E-state index is 0.0208. The zero-order chi connectivity index (χ0) is 17.0. The van der Waals surface area contributed by atoms with Crippen molar-refractivity contribution in [1.29, 1.82) is 0 Å². The normalized spacial score (nSPS) is 11.3. The summed E-state index contributed by atoms with van der Waals surface area (Å²) in [7, 11) is 0. The molecular weight excluding hydrogens is 327 g/mol. The summed E-state index contributed by atoms with van der Waals surface area (Å²) in [5.74, 6) is -0.424. The maximum Gasteiger partial charge on any atom is 0.446 e. The van der Waals surface area contributed by atoms with Gasteiger partial charge >= 0.3 is 5.51 Å². The zero-order valence-electron chi connectivity index (χ0n) is 12.1. The Morgan fingerprint density at radius 1 is 1.17 bits per heavy atom. The predicted octanol–water partition coefficient (Wildman–Crippen LogP) is 4.35. The van der Waals surface area contributed by atoms with Crippen LogP contribution in [0.2, 0.25) is 0 Å². The lowest BCUT2D eigenvalue weighted by atomic mass is 10.1. The number of halogens is 3. The van der Waals surface area contributed by atoms with Crippen LogP contribution in [-0.2, 0) is 6.61 Å². The number of anilines is 1. The maximum atomic E-state index is 12.3. The Morgan fingerprint density at radius 2 is 1.83 bits per heavy atom. The molecule has 2 N–H and O–H groups in total. The zero-order valence-corrected chi connectivity index (χ0v) is 13.0. The van der Waals surface area contributed by atoms with Crippen LogP contribution in [0, 0.1) is 6.92 Å². The average molecular weight is 341 g/mol. The number of aliphatic hydroxyl groups is 1. The maximum absolute atomic E-state index is 12.3. The van der Waals surface area contributed by atoms with Gasteiger partial charge in [0.25, 0.3) is 5.91 Å². The van der Waals surface area contributed by atoms with E-state index in [2.05, 4.69) is 5.32 Å². The highest BCUT2D eigenvalue weighted by molar-refractivity contribution is 8.00. The molecule has 0 atom stereocenters. The van der Waals surface area contributed by atoms with Crippen LogP contribution in [0.4, 0.5) is 18.9 Å². The lowest BCUT2D eigenvalue weighted by Gasteiger charge is -2.10. The summed E-state index contributed by atoms with van der Waals surface area (Å²) < 4.78 is 36.8. The van der Waals surface area contributed by atoms with Gasteiger partial charge in [0.15, 0.2) is 0 Å². The van der Waals surface area contributed by atoms with Crippen molar-refractivity contribution in [3.63, 3.8) is 0 Å². The third-order valence-corrected chi connectivity index (χ3v) is 3.82. The molecule has 3 nitrogen and oxygen atoms in total. The highest BCUT2D eigenvalue weighted by Gasteiger charge is 2.29. The van der Waals surface area contributed by atoms with Crippen LogP contribution in [0.15, 0.2) is 47.4 Å². The number of aryl methyl sites for hydroxylation is 1. The molecule has 23 heavy (non-hydrogen) atoms. The Balaban J connectivity index is 2.12. The molecule has 0 unspecified atom stereocenters. The van der Waals surface area contributed by atoms with Crippen molar-refractivity contribution in [3.8, 4) is 0 Å². The highest BCUT2D eigenvalue weighted by Crippen LogP contribution is 2.36. The van der Waals surface area contributed by atoms with E-state index in [-0.39, 0.29) is 28.8 Å². The van der Waals surface area contributed by atoms with Gasteiger partial charge in [-0.1, -0.05) is 12.1 Å². The second-order valence-electron chi connectivity index (χ2n) is 4.83. The van der Waals surface area contributed by atoms with E-state index >= 15 is 0 Å². The van der Waals surface area contributed by atoms with Gasteiger partial charge in [-0.3, -0.25) is 4.79 Å².